The number of imide groups is 1. The normalized spacial score (nSPS) is 19.8. The van der Waals surface area contributed by atoms with Crippen molar-refractivity contribution in [2.24, 2.45) is 20.0 Å². The molecular formula is C86H90ClN11O20. The molecule has 0 bridgehead atoms. The number of hydrogen-bond donors (Lipinski definition) is 1. The molecule has 118 heavy (non-hydrogen) atoms. The highest BCUT2D eigenvalue weighted by Gasteiger charge is 2.40. The minimum absolute atomic E-state index is 0. The summed E-state index contributed by atoms with van der Waals surface area (Å²) < 4.78 is 59.7. The number of allylic oxidation sites excluding steroid dienone is 4. The van der Waals surface area contributed by atoms with Gasteiger partial charge in [0.15, 0.2) is 46.0 Å². The number of benzene rings is 4. The summed E-state index contributed by atoms with van der Waals surface area (Å²) in [5.74, 6) is 0.453. The van der Waals surface area contributed by atoms with E-state index in [0.717, 1.165) is 25.7 Å². The van der Waals surface area contributed by atoms with Crippen LogP contribution in [0.15, 0.2) is 139 Å². The van der Waals surface area contributed by atoms with Gasteiger partial charge in [-0.05, 0) is 90.5 Å². The number of rotatable bonds is 27. The third kappa shape index (κ3) is 18.3. The second-order valence-corrected chi connectivity index (χ2v) is 28.9. The van der Waals surface area contributed by atoms with Crippen LogP contribution in [-0.2, 0) is 50.4 Å². The summed E-state index contributed by atoms with van der Waals surface area (Å²) in [5, 5.41) is 9.61. The maximum absolute atomic E-state index is 13.6. The van der Waals surface area contributed by atoms with Crippen molar-refractivity contribution >= 4 is 107 Å². The first-order valence-corrected chi connectivity index (χ1v) is 38.6. The van der Waals surface area contributed by atoms with E-state index in [-0.39, 0.29) is 132 Å². The monoisotopic (exact) mass is 1630 g/mol. The Labute approximate surface area is 686 Å². The number of aliphatic carboxylic acids is 1. The zero-order chi connectivity index (χ0) is 82.1. The number of aromatic nitrogens is 2. The summed E-state index contributed by atoms with van der Waals surface area (Å²) in [5.41, 5.74) is 10.2. The second-order valence-electron chi connectivity index (χ2n) is 28.9. The highest BCUT2D eigenvalue weighted by atomic mass is 35.5. The van der Waals surface area contributed by atoms with Gasteiger partial charge in [-0.3, -0.25) is 63.5 Å². The number of halogens is 1. The summed E-state index contributed by atoms with van der Waals surface area (Å²) in [6.07, 6.45) is 18.7. The highest BCUT2D eigenvalue weighted by molar-refractivity contribution is 6.07. The van der Waals surface area contributed by atoms with E-state index in [1.54, 1.807) is 107 Å². The molecule has 0 saturated carbocycles. The van der Waals surface area contributed by atoms with E-state index in [2.05, 4.69) is 20.0 Å². The molecule has 6 amide bonds. The molecule has 31 nitrogen and oxygen atoms in total. The van der Waals surface area contributed by atoms with Gasteiger partial charge in [0.1, 0.15) is 37.9 Å². The Kier molecular flexibility index (Phi) is 26.0. The van der Waals surface area contributed by atoms with Crippen LogP contribution in [0.1, 0.15) is 156 Å². The predicted molar refractivity (Wildman–Crippen MR) is 435 cm³/mol. The molecule has 1 N–H and O–H groups in total. The third-order valence-electron chi connectivity index (χ3n) is 21.4. The number of carboxylic acid groups (broad SMARTS) is 1. The highest BCUT2D eigenvalue weighted by Crippen LogP contribution is 2.45. The predicted octanol–water partition coefficient (Wildman–Crippen LogP) is 12.5. The van der Waals surface area contributed by atoms with Gasteiger partial charge in [-0.25, -0.2) is 4.79 Å². The van der Waals surface area contributed by atoms with Gasteiger partial charge in [-0.1, -0.05) is 46.6 Å². The molecule has 9 aliphatic heterocycles. The van der Waals surface area contributed by atoms with Crippen molar-refractivity contribution < 1.29 is 95.7 Å². The van der Waals surface area contributed by atoms with E-state index in [1.807, 2.05) is 61.8 Å². The minimum Gasteiger partial charge on any atom is -0.493 e. The molecule has 0 unspecified atom stereocenters. The van der Waals surface area contributed by atoms with E-state index >= 15 is 0 Å². The van der Waals surface area contributed by atoms with Crippen LogP contribution in [0.4, 0.5) is 22.7 Å². The fourth-order valence-electron chi connectivity index (χ4n) is 15.0. The summed E-state index contributed by atoms with van der Waals surface area (Å²) in [6.45, 7) is 10.2. The van der Waals surface area contributed by atoms with Crippen LogP contribution in [0.25, 0.3) is 0 Å². The van der Waals surface area contributed by atoms with Crippen molar-refractivity contribution in [3.05, 3.63) is 164 Å². The van der Waals surface area contributed by atoms with Gasteiger partial charge in [0.05, 0.1) is 140 Å². The molecule has 9 aliphatic rings. The van der Waals surface area contributed by atoms with E-state index in [4.69, 9.17) is 67.3 Å². The molecule has 4 aromatic carbocycles. The van der Waals surface area contributed by atoms with Gasteiger partial charge in [-0.15, -0.1) is 17.5 Å². The molecule has 4 atom stereocenters. The average molecular weight is 1630 g/mol. The molecular weight excluding hydrogens is 1540 g/mol. The number of amides is 6. The molecule has 11 heterocycles. The fraction of sp³-hybridized carbons (Fsp3) is 0.372. The molecule has 2 aromatic heterocycles. The van der Waals surface area contributed by atoms with Crippen molar-refractivity contribution in [3.8, 4) is 57.5 Å². The van der Waals surface area contributed by atoms with Gasteiger partial charge in [-0.2, -0.15) is 0 Å². The minimum atomic E-state index is -0.908. The largest absolute Gasteiger partial charge is 0.493 e. The Morgan fingerprint density at radius 2 is 0.678 bits per heavy atom. The number of hydrogen-bond acceptors (Lipinski definition) is 25. The molecule has 0 radical (unpaired) electrons. The van der Waals surface area contributed by atoms with E-state index < -0.39 is 23.8 Å². The average Bonchev–Trinajstić information content (AvgIpc) is 1.61. The van der Waals surface area contributed by atoms with Crippen molar-refractivity contribution in [2.75, 3.05) is 67.8 Å². The zero-order valence-corrected chi connectivity index (χ0v) is 67.3. The molecule has 6 aromatic rings. The number of ether oxygens (including phenoxy) is 10. The Morgan fingerprint density at radius 3 is 0.941 bits per heavy atom. The molecule has 5 saturated heterocycles. The number of carbonyl (C=O) groups excluding carboxylic acids is 7. The lowest BCUT2D eigenvalue weighted by molar-refractivity contribution is -0.197. The molecule has 32 heteroatoms. The SMILES string of the molecule is C/C=C1\C[C@H]2C=Nc3cc(OCc4cc(OCCCC(=O)O)cc(COc5cc6c(cc5OC)C(=O)N5C/C(=C/C)C[C@H]5C=N6)n4)c(OC)cc3C(=O)N2C1.C/C=C1\C[C@H]2C=Nc3cc(OCc4cc(OCCCC(=O)ON5C(=O)CCC5=O)cc(COc5cc6c(cc5OC)C(=O)N5C/C(=C/C)C[C@H]5C=N6)n4)c(OC)cc3C(=O)N2C1.Cl. The van der Waals surface area contributed by atoms with E-state index in [0.29, 0.717) is 163 Å². The summed E-state index contributed by atoms with van der Waals surface area (Å²) in [7, 11) is 6.01. The van der Waals surface area contributed by atoms with Crippen molar-refractivity contribution in [1.82, 2.24) is 34.6 Å². The Bertz CT molecular complexity index is 4960. The summed E-state index contributed by atoms with van der Waals surface area (Å²) in [4.78, 5) is 142. The third-order valence-corrected chi connectivity index (χ3v) is 21.4. The number of pyridine rings is 2. The van der Waals surface area contributed by atoms with Crippen LogP contribution in [0, 0.1) is 0 Å². The van der Waals surface area contributed by atoms with Gasteiger partial charge in [0, 0.05) is 119 Å². The van der Waals surface area contributed by atoms with Crippen LogP contribution in [-0.4, -0.2) is 204 Å². The van der Waals surface area contributed by atoms with Crippen molar-refractivity contribution in [2.45, 2.75) is 142 Å². The first kappa shape index (κ1) is 83.0. The molecule has 0 aliphatic carbocycles. The number of hydroxylamine groups is 2. The topological polar surface area (TPSA) is 350 Å². The van der Waals surface area contributed by atoms with Crippen molar-refractivity contribution in [3.63, 3.8) is 0 Å². The van der Waals surface area contributed by atoms with Gasteiger partial charge in [0.25, 0.3) is 35.4 Å². The van der Waals surface area contributed by atoms with E-state index in [9.17, 15) is 38.4 Å². The summed E-state index contributed by atoms with van der Waals surface area (Å²) in [6, 6.07) is 19.6. The van der Waals surface area contributed by atoms with E-state index in [1.165, 1.54) is 50.7 Å². The Balaban J connectivity index is 0.000000204. The number of carboxylic acids is 1. The Hall–Kier alpha value is -12.9. The van der Waals surface area contributed by atoms with Crippen LogP contribution < -0.4 is 47.4 Å². The lowest BCUT2D eigenvalue weighted by Gasteiger charge is -2.20. The van der Waals surface area contributed by atoms with Crippen LogP contribution in [0.3, 0.4) is 0 Å². The van der Waals surface area contributed by atoms with Gasteiger partial charge < -0.3 is 76.9 Å². The van der Waals surface area contributed by atoms with Crippen LogP contribution in [0.5, 0.6) is 57.5 Å². The number of nitrogens with zero attached hydrogens (tertiary/aromatic N) is 11. The molecule has 15 rings (SSSR count). The number of fused-ring (bicyclic) bond motifs is 8. The fourth-order valence-corrected chi connectivity index (χ4v) is 15.0. The zero-order valence-electron chi connectivity index (χ0n) is 66.5. The van der Waals surface area contributed by atoms with Gasteiger partial charge >= 0.3 is 11.9 Å². The number of aliphatic imine (C=N–C) groups is 4. The second kappa shape index (κ2) is 36.9. The summed E-state index contributed by atoms with van der Waals surface area (Å²) >= 11 is 0. The molecule has 5 fully saturated rings. The number of carbonyl (C=O) groups is 8. The van der Waals surface area contributed by atoms with Gasteiger partial charge in [0.2, 0.25) is 0 Å². The standard InChI is InChI=1S/C45H46N6O11.C41H43N5O9.ClH/c1-5-26-12-30-20-46-35-18-39(37(57-3)16-33(35)44(55)49(30)22-26)60-24-28-14-32(59-11-7-8-43(54)62-51-41(52)9-10-42(51)53)15-29(48-28)25-61-40-19-36-34(17-38(40)58-4)45(56)50-23-27(6-2)13-31(50)21-47-36;1-5-24-10-28-18-42-33-16-37(35(51-3)14-31(33)40(49)45(28)20-24)54-22-26-12-30(53-9-7-8-39(47)48)13-27(44-26)23-55-38-17-34-32(15-36(38)52-4)41(50)46-21-25(6-2)11-29(46)19-43-34;/h5-6,14-21,30-31H,7-13,22-25H2,1-4H3;5-6,12-19,28-29H,7-11,20-23H2,1-4H3,(H,47,48);1H/b26-5+,27-6+;24-5+,25-6+;/t30-,31-;28-,29-;/m00./s1. The van der Waals surface area contributed by atoms with Crippen LogP contribution in [0.2, 0.25) is 0 Å². The first-order chi connectivity index (χ1) is 56.7. The molecule has 0 spiro atoms. The smallest absolute Gasteiger partial charge is 0.333 e. The van der Waals surface area contributed by atoms with Crippen LogP contribution >= 0.6 is 12.4 Å². The quantitative estimate of drug-likeness (QED) is 0.0284. The maximum Gasteiger partial charge on any atom is 0.333 e. The number of methoxy groups -OCH3 is 4. The lowest BCUT2D eigenvalue weighted by Crippen LogP contribution is -2.35. The maximum atomic E-state index is 13.6. The molecule has 616 valence electrons. The van der Waals surface area contributed by atoms with Crippen molar-refractivity contribution in [1.29, 1.82) is 0 Å². The lowest BCUT2D eigenvalue weighted by atomic mass is 10.1. The Morgan fingerprint density at radius 1 is 0.398 bits per heavy atom. The first-order valence-electron chi connectivity index (χ1n) is 38.6.